The summed E-state index contributed by atoms with van der Waals surface area (Å²) in [5, 5.41) is 21.4. The molecular formula is C48H100N2O8S2. The maximum absolute atomic E-state index is 11.5. The lowest BCUT2D eigenvalue weighted by Gasteiger charge is -2.40. The van der Waals surface area contributed by atoms with Crippen LogP contribution >= 0.6 is 0 Å². The molecule has 0 aromatic carbocycles. The van der Waals surface area contributed by atoms with Gasteiger partial charge in [-0.25, -0.2) is 16.8 Å². The Bertz CT molecular complexity index is 1080. The quantitative estimate of drug-likeness (QED) is 0.0348. The highest BCUT2D eigenvalue weighted by molar-refractivity contribution is 7.86. The van der Waals surface area contributed by atoms with Gasteiger partial charge in [-0.1, -0.05) is 168 Å². The number of hydrogen-bond acceptors (Lipinski definition) is 8. The Kier molecular flexibility index (Phi) is 37.8. The van der Waals surface area contributed by atoms with Gasteiger partial charge in [0.25, 0.3) is 0 Å². The van der Waals surface area contributed by atoms with Crippen LogP contribution in [-0.2, 0) is 20.2 Å². The Morgan fingerprint density at radius 2 is 0.533 bits per heavy atom. The highest BCUT2D eigenvalue weighted by atomic mass is 32.2. The third kappa shape index (κ3) is 37.1. The lowest BCUT2D eigenvalue weighted by Crippen LogP contribution is -2.54. The van der Waals surface area contributed by atoms with Crippen molar-refractivity contribution in [2.75, 3.05) is 63.9 Å². The fourth-order valence-electron chi connectivity index (χ4n) is 9.48. The number of aliphatic hydroxyl groups is 2. The topological polar surface area (TPSA) is 155 Å². The van der Waals surface area contributed by atoms with Crippen molar-refractivity contribution in [3.63, 3.8) is 0 Å². The van der Waals surface area contributed by atoms with E-state index in [0.29, 0.717) is 8.97 Å². The summed E-state index contributed by atoms with van der Waals surface area (Å²) in [6.07, 6.45) is 37.3. The number of nitrogens with zero attached hydrogens (tertiary/aromatic N) is 2. The minimum Gasteiger partial charge on any atom is -0.748 e. The predicted octanol–water partition coefficient (Wildman–Crippen LogP) is 11.0. The maximum Gasteiger partial charge on any atom is 0.116 e. The predicted molar refractivity (Wildman–Crippen MR) is 251 cm³/mol. The normalized spacial score (nSPS) is 15.5. The van der Waals surface area contributed by atoms with Gasteiger partial charge in [0, 0.05) is 0 Å². The molecule has 0 saturated carbocycles. The zero-order chi connectivity index (χ0) is 44.9. The van der Waals surface area contributed by atoms with Gasteiger partial charge in [-0.15, -0.1) is 0 Å². The second kappa shape index (κ2) is 38.0. The Hall–Kier alpha value is -0.340. The molecule has 0 saturated heterocycles. The van der Waals surface area contributed by atoms with Crippen molar-refractivity contribution in [1.82, 2.24) is 0 Å². The number of likely N-dealkylation sites (N-methyl/N-ethyl adjacent to an activating group) is 2. The minimum atomic E-state index is -4.52. The van der Waals surface area contributed by atoms with Crippen molar-refractivity contribution in [2.24, 2.45) is 0 Å². The summed E-state index contributed by atoms with van der Waals surface area (Å²) >= 11 is 0. The van der Waals surface area contributed by atoms with Crippen molar-refractivity contribution in [3.05, 3.63) is 0 Å². The Morgan fingerprint density at radius 1 is 0.350 bits per heavy atom. The summed E-state index contributed by atoms with van der Waals surface area (Å²) in [6, 6.07) is 0. The van der Waals surface area contributed by atoms with Crippen molar-refractivity contribution in [1.29, 1.82) is 0 Å². The molecule has 12 heteroatoms. The van der Waals surface area contributed by atoms with Crippen LogP contribution < -0.4 is 0 Å². The van der Waals surface area contributed by atoms with Gasteiger partial charge in [-0.2, -0.15) is 0 Å². The van der Waals surface area contributed by atoms with E-state index < -0.39 is 43.9 Å². The van der Waals surface area contributed by atoms with Gasteiger partial charge in [-0.3, -0.25) is 0 Å². The fourth-order valence-corrected chi connectivity index (χ4v) is 10.6. The molecule has 0 aromatic heterocycles. The lowest BCUT2D eigenvalue weighted by atomic mass is 10.0. The molecule has 362 valence electrons. The second-order valence-corrected chi connectivity index (χ2v) is 21.8. The monoisotopic (exact) mass is 897 g/mol. The van der Waals surface area contributed by atoms with Crippen LogP contribution in [0.2, 0.25) is 0 Å². The zero-order valence-electron chi connectivity index (χ0n) is 39.9. The van der Waals surface area contributed by atoms with E-state index in [2.05, 4.69) is 27.7 Å². The number of rotatable bonds is 47. The molecule has 0 aliphatic rings. The summed E-state index contributed by atoms with van der Waals surface area (Å²) in [7, 11) is -9.04. The lowest BCUT2D eigenvalue weighted by molar-refractivity contribution is -0.930. The van der Waals surface area contributed by atoms with E-state index in [1.165, 1.54) is 154 Å². The van der Waals surface area contributed by atoms with Crippen molar-refractivity contribution in [2.45, 2.75) is 245 Å². The van der Waals surface area contributed by atoms with Gasteiger partial charge in [0.15, 0.2) is 0 Å². The van der Waals surface area contributed by atoms with Crippen LogP contribution in [0.15, 0.2) is 0 Å². The van der Waals surface area contributed by atoms with Crippen LogP contribution in [0.5, 0.6) is 0 Å². The van der Waals surface area contributed by atoms with Crippen molar-refractivity contribution in [3.8, 4) is 0 Å². The summed E-state index contributed by atoms with van der Waals surface area (Å²) in [5.41, 5.74) is 0. The molecule has 0 radical (unpaired) electrons. The summed E-state index contributed by atoms with van der Waals surface area (Å²) in [4.78, 5) is 0. The Labute approximate surface area is 373 Å². The standard InChI is InChI=1S/C48H100N2O8S2/c1-5-9-11-13-15-17-19-21-23-25-27-29-31-35-39-49(7-3,43-47(51)45-59(53,54)55)41-37-33-34-38-42-50(8-4,44-48(52)46-60(56,57)58)40-36-32-30-28-26-24-22-20-18-16-14-12-10-6-2/h47-48,51-52H,5-46H2,1-4H3. The van der Waals surface area contributed by atoms with E-state index in [1.54, 1.807) is 0 Å². The number of hydrogen-bond donors (Lipinski definition) is 2. The molecule has 4 unspecified atom stereocenters. The molecule has 4 atom stereocenters. The summed E-state index contributed by atoms with van der Waals surface area (Å²) < 4.78 is 70.2. The van der Waals surface area contributed by atoms with Crippen LogP contribution in [0.1, 0.15) is 233 Å². The van der Waals surface area contributed by atoms with E-state index in [9.17, 15) is 36.2 Å². The molecule has 0 aliphatic carbocycles. The molecule has 10 nitrogen and oxygen atoms in total. The molecule has 0 heterocycles. The molecular weight excluding hydrogens is 797 g/mol. The highest BCUT2D eigenvalue weighted by Gasteiger charge is 2.31. The first-order valence-corrected chi connectivity index (χ1v) is 28.7. The molecule has 2 N–H and O–H groups in total. The number of aliphatic hydroxyl groups excluding tert-OH is 2. The first-order chi connectivity index (χ1) is 28.7. The first-order valence-electron chi connectivity index (χ1n) is 25.6. The molecule has 0 aliphatic heterocycles. The molecule has 60 heavy (non-hydrogen) atoms. The maximum atomic E-state index is 11.5. The van der Waals surface area contributed by atoms with Gasteiger partial charge >= 0.3 is 0 Å². The van der Waals surface area contributed by atoms with Gasteiger partial charge in [0.05, 0.1) is 71.0 Å². The van der Waals surface area contributed by atoms with E-state index in [-0.39, 0.29) is 13.1 Å². The van der Waals surface area contributed by atoms with Crippen LogP contribution in [-0.4, -0.2) is 121 Å². The summed E-state index contributed by atoms with van der Waals surface area (Å²) in [6.45, 7) is 14.1. The molecule has 0 bridgehead atoms. The van der Waals surface area contributed by atoms with Gasteiger partial charge in [-0.05, 0) is 65.2 Å². The third-order valence-corrected chi connectivity index (χ3v) is 14.9. The van der Waals surface area contributed by atoms with E-state index in [4.69, 9.17) is 0 Å². The first kappa shape index (κ1) is 59.7. The second-order valence-electron chi connectivity index (χ2n) is 18.9. The van der Waals surface area contributed by atoms with E-state index >= 15 is 0 Å². The fraction of sp³-hybridized carbons (Fsp3) is 1.00. The largest absolute Gasteiger partial charge is 0.748 e. The molecule has 0 rings (SSSR count). The average molecular weight is 897 g/mol. The van der Waals surface area contributed by atoms with Crippen molar-refractivity contribution < 1.29 is 45.1 Å². The molecule has 0 fully saturated rings. The SMILES string of the molecule is CCCCCCCCCCCCCCCC[N+](CC)(CCCCCC[N+](CC)(CCCCCCCCCCCCCCCC)CC(O)CS(=O)(=O)[O-])CC(O)CS(=O)(=O)[O-]. The van der Waals surface area contributed by atoms with Crippen LogP contribution in [0.3, 0.4) is 0 Å². The smallest absolute Gasteiger partial charge is 0.116 e. The van der Waals surface area contributed by atoms with Gasteiger partial charge in [0.1, 0.15) is 25.3 Å². The minimum absolute atomic E-state index is 0.270. The van der Waals surface area contributed by atoms with Gasteiger partial charge in [0.2, 0.25) is 0 Å². The van der Waals surface area contributed by atoms with Crippen molar-refractivity contribution >= 4 is 20.2 Å². The third-order valence-electron chi connectivity index (χ3n) is 13.3. The van der Waals surface area contributed by atoms with Crippen LogP contribution in [0, 0.1) is 0 Å². The van der Waals surface area contributed by atoms with Crippen LogP contribution in [0.25, 0.3) is 0 Å². The van der Waals surface area contributed by atoms with E-state index in [1.807, 2.05) is 0 Å². The molecule has 0 aromatic rings. The average Bonchev–Trinajstić information content (AvgIpc) is 3.17. The van der Waals surface area contributed by atoms with Gasteiger partial charge < -0.3 is 28.3 Å². The van der Waals surface area contributed by atoms with E-state index in [0.717, 1.165) is 90.6 Å². The number of quaternary nitrogens is 2. The summed E-state index contributed by atoms with van der Waals surface area (Å²) in [5.74, 6) is -1.50. The number of unbranched alkanes of at least 4 members (excludes halogenated alkanes) is 29. The zero-order valence-corrected chi connectivity index (χ0v) is 41.5. The molecule has 0 amide bonds. The molecule has 0 spiro atoms. The Morgan fingerprint density at radius 3 is 0.700 bits per heavy atom. The Balaban J connectivity index is 4.94. The highest BCUT2D eigenvalue weighted by Crippen LogP contribution is 2.21. The van der Waals surface area contributed by atoms with Crippen LogP contribution in [0.4, 0.5) is 0 Å².